The number of nitrogens with one attached hydrogen (secondary N) is 1. The average molecular weight is 507 g/mol. The van der Waals surface area contributed by atoms with Crippen molar-refractivity contribution in [3.63, 3.8) is 0 Å². The highest BCUT2D eigenvalue weighted by molar-refractivity contribution is 7.92. The molecule has 0 aliphatic carbocycles. The fourth-order valence-corrected chi connectivity index (χ4v) is 6.48. The number of amides is 1. The maximum absolute atomic E-state index is 13.6. The van der Waals surface area contributed by atoms with Gasteiger partial charge in [0.05, 0.1) is 23.2 Å². The third-order valence-electron chi connectivity index (χ3n) is 7.16. The number of fused-ring (bicyclic) bond motifs is 2. The van der Waals surface area contributed by atoms with Crippen LogP contribution in [0.3, 0.4) is 0 Å². The Morgan fingerprint density at radius 2 is 1.58 bits per heavy atom. The fraction of sp³-hybridized carbons (Fsp3) is 0.321. The zero-order valence-corrected chi connectivity index (χ0v) is 21.2. The Morgan fingerprint density at radius 3 is 2.31 bits per heavy atom. The van der Waals surface area contributed by atoms with E-state index in [9.17, 15) is 13.2 Å². The number of carbonyl (C=O) groups is 1. The minimum absolute atomic E-state index is 0.127. The highest BCUT2D eigenvalue weighted by Gasteiger charge is 2.42. The molecule has 2 aliphatic heterocycles. The Kier molecular flexibility index (Phi) is 6.38. The number of ether oxygens (including phenoxy) is 2. The maximum atomic E-state index is 13.6. The molecule has 0 saturated carbocycles. The van der Waals surface area contributed by atoms with Gasteiger partial charge in [-0.15, -0.1) is 0 Å². The standard InChI is InChI=1S/C28H30N2O5S/c1-3-28(4-2)18-22(21-14-8-10-16-24(21)35-28)29-27(31)26-19-30(23-15-9-11-17-25(23)34-26)36(32,33)20-12-6-5-7-13-20/h5-17,22,26H,3-4,18-19H2,1-2H3,(H,29,31)/t22-,26-/m1/s1. The summed E-state index contributed by atoms with van der Waals surface area (Å²) in [4.78, 5) is 13.7. The molecule has 3 aromatic rings. The molecule has 8 heteroatoms. The molecule has 1 N–H and O–H groups in total. The van der Waals surface area contributed by atoms with Crippen molar-refractivity contribution >= 4 is 21.6 Å². The van der Waals surface area contributed by atoms with Gasteiger partial charge >= 0.3 is 0 Å². The summed E-state index contributed by atoms with van der Waals surface area (Å²) in [6.07, 6.45) is 1.23. The zero-order valence-electron chi connectivity index (χ0n) is 20.4. The second-order valence-corrected chi connectivity index (χ2v) is 11.1. The number of sulfonamides is 1. The lowest BCUT2D eigenvalue weighted by Crippen LogP contribution is -2.52. The van der Waals surface area contributed by atoms with Gasteiger partial charge in [-0.05, 0) is 43.2 Å². The Hall–Kier alpha value is -3.52. The van der Waals surface area contributed by atoms with Gasteiger partial charge in [-0.25, -0.2) is 8.42 Å². The number of hydrogen-bond acceptors (Lipinski definition) is 5. The number of para-hydroxylation sites is 3. The van der Waals surface area contributed by atoms with E-state index >= 15 is 0 Å². The molecule has 0 bridgehead atoms. The van der Waals surface area contributed by atoms with Crippen molar-refractivity contribution in [2.45, 2.75) is 55.8 Å². The fourth-order valence-electron chi connectivity index (χ4n) is 4.98. The van der Waals surface area contributed by atoms with E-state index in [1.807, 2.05) is 24.3 Å². The summed E-state index contributed by atoms with van der Waals surface area (Å²) in [5.74, 6) is 0.758. The molecule has 0 spiro atoms. The minimum atomic E-state index is -3.90. The predicted octanol–water partition coefficient (Wildman–Crippen LogP) is 4.84. The Morgan fingerprint density at radius 1 is 0.944 bits per heavy atom. The molecule has 0 saturated heterocycles. The SMILES string of the molecule is CCC1(CC)C[C@@H](NC(=O)[C@H]2CN(S(=O)(=O)c3ccccc3)c3ccccc3O2)c2ccccc2O1. The molecular weight excluding hydrogens is 476 g/mol. The van der Waals surface area contributed by atoms with Crippen LogP contribution in [0.25, 0.3) is 0 Å². The molecule has 7 nitrogen and oxygen atoms in total. The first-order chi connectivity index (χ1) is 17.4. The van der Waals surface area contributed by atoms with Crippen LogP contribution in [0.4, 0.5) is 5.69 Å². The molecule has 5 rings (SSSR count). The molecule has 36 heavy (non-hydrogen) atoms. The molecule has 0 radical (unpaired) electrons. The topological polar surface area (TPSA) is 84.9 Å². The van der Waals surface area contributed by atoms with E-state index in [0.29, 0.717) is 17.9 Å². The van der Waals surface area contributed by atoms with Gasteiger partial charge in [-0.2, -0.15) is 0 Å². The third-order valence-corrected chi connectivity index (χ3v) is 8.95. The molecule has 0 unspecified atom stereocenters. The summed E-state index contributed by atoms with van der Waals surface area (Å²) in [6, 6.07) is 22.6. The van der Waals surface area contributed by atoms with Crippen molar-refractivity contribution in [3.05, 3.63) is 84.4 Å². The first kappa shape index (κ1) is 24.2. The molecule has 2 heterocycles. The number of benzene rings is 3. The van der Waals surface area contributed by atoms with Crippen LogP contribution < -0.4 is 19.1 Å². The second kappa shape index (κ2) is 9.50. The molecule has 0 fully saturated rings. The molecule has 2 atom stereocenters. The summed E-state index contributed by atoms with van der Waals surface area (Å²) in [5.41, 5.74) is 0.945. The van der Waals surface area contributed by atoms with Gasteiger partial charge in [0.2, 0.25) is 0 Å². The smallest absolute Gasteiger partial charge is 0.264 e. The lowest BCUT2D eigenvalue weighted by atomic mass is 9.83. The van der Waals surface area contributed by atoms with Crippen molar-refractivity contribution in [1.29, 1.82) is 0 Å². The summed E-state index contributed by atoms with van der Waals surface area (Å²) in [6.45, 7) is 4.05. The lowest BCUT2D eigenvalue weighted by Gasteiger charge is -2.42. The Labute approximate surface area is 212 Å². The van der Waals surface area contributed by atoms with Crippen LogP contribution in [-0.2, 0) is 14.8 Å². The van der Waals surface area contributed by atoms with Gasteiger partial charge < -0.3 is 14.8 Å². The maximum Gasteiger partial charge on any atom is 0.264 e. The van der Waals surface area contributed by atoms with Gasteiger partial charge in [0.15, 0.2) is 6.10 Å². The number of carbonyl (C=O) groups excluding carboxylic acids is 1. The normalized spacial score (nSPS) is 20.3. The van der Waals surface area contributed by atoms with Crippen molar-refractivity contribution < 1.29 is 22.7 Å². The zero-order chi connectivity index (χ0) is 25.3. The van der Waals surface area contributed by atoms with Crippen molar-refractivity contribution in [1.82, 2.24) is 5.32 Å². The number of rotatable bonds is 6. The Balaban J connectivity index is 1.45. The van der Waals surface area contributed by atoms with E-state index in [1.54, 1.807) is 54.6 Å². The van der Waals surface area contributed by atoms with E-state index in [1.165, 1.54) is 4.31 Å². The van der Waals surface area contributed by atoms with Crippen molar-refractivity contribution in [3.8, 4) is 11.5 Å². The lowest BCUT2D eigenvalue weighted by molar-refractivity contribution is -0.129. The van der Waals surface area contributed by atoms with E-state index < -0.39 is 16.1 Å². The summed E-state index contributed by atoms with van der Waals surface area (Å²) in [5, 5.41) is 3.15. The van der Waals surface area contributed by atoms with Gasteiger partial charge in [0, 0.05) is 12.0 Å². The Bertz CT molecular complexity index is 1360. The summed E-state index contributed by atoms with van der Waals surface area (Å²) < 4.78 is 40.8. The van der Waals surface area contributed by atoms with Crippen molar-refractivity contribution in [2.75, 3.05) is 10.8 Å². The van der Waals surface area contributed by atoms with E-state index in [4.69, 9.17) is 9.47 Å². The quantitative estimate of drug-likeness (QED) is 0.517. The van der Waals surface area contributed by atoms with Crippen LogP contribution in [0.5, 0.6) is 11.5 Å². The molecule has 188 valence electrons. The predicted molar refractivity (Wildman–Crippen MR) is 138 cm³/mol. The van der Waals surface area contributed by atoms with Gasteiger partial charge in [-0.3, -0.25) is 9.10 Å². The molecule has 0 aromatic heterocycles. The van der Waals surface area contributed by atoms with Crippen LogP contribution >= 0.6 is 0 Å². The number of hydrogen-bond donors (Lipinski definition) is 1. The first-order valence-corrected chi connectivity index (χ1v) is 13.7. The van der Waals surface area contributed by atoms with Crippen LogP contribution in [0, 0.1) is 0 Å². The van der Waals surface area contributed by atoms with E-state index in [-0.39, 0.29) is 29.0 Å². The van der Waals surface area contributed by atoms with Crippen LogP contribution in [0.15, 0.2) is 83.8 Å². The van der Waals surface area contributed by atoms with Gasteiger partial charge in [-0.1, -0.05) is 62.4 Å². The first-order valence-electron chi connectivity index (χ1n) is 12.3. The van der Waals surface area contributed by atoms with Crippen LogP contribution in [-0.4, -0.2) is 32.6 Å². The number of anilines is 1. The molecule has 3 aromatic carbocycles. The summed E-state index contributed by atoms with van der Waals surface area (Å²) >= 11 is 0. The summed E-state index contributed by atoms with van der Waals surface area (Å²) in [7, 11) is -3.90. The third kappa shape index (κ3) is 4.30. The van der Waals surface area contributed by atoms with Crippen molar-refractivity contribution in [2.24, 2.45) is 0 Å². The molecule has 1 amide bonds. The highest BCUT2D eigenvalue weighted by atomic mass is 32.2. The molecular formula is C28H30N2O5S. The second-order valence-electron chi connectivity index (χ2n) is 9.22. The van der Waals surface area contributed by atoms with E-state index in [0.717, 1.165) is 24.2 Å². The molecule has 2 aliphatic rings. The van der Waals surface area contributed by atoms with Crippen LogP contribution in [0.2, 0.25) is 0 Å². The highest BCUT2D eigenvalue weighted by Crippen LogP contribution is 2.43. The number of nitrogens with zero attached hydrogens (tertiary/aromatic N) is 1. The average Bonchev–Trinajstić information content (AvgIpc) is 2.92. The minimum Gasteiger partial charge on any atom is -0.487 e. The van der Waals surface area contributed by atoms with Crippen LogP contribution in [0.1, 0.15) is 44.7 Å². The largest absolute Gasteiger partial charge is 0.487 e. The van der Waals surface area contributed by atoms with E-state index in [2.05, 4.69) is 19.2 Å². The monoisotopic (exact) mass is 506 g/mol. The van der Waals surface area contributed by atoms with Gasteiger partial charge in [0.1, 0.15) is 17.1 Å². The van der Waals surface area contributed by atoms with Gasteiger partial charge in [0.25, 0.3) is 15.9 Å².